The Kier molecular flexibility index (Phi) is 6.32. The normalized spacial score (nSPS) is 15.9. The zero-order valence-corrected chi connectivity index (χ0v) is 13.7. The number of esters is 1. The van der Waals surface area contributed by atoms with Gasteiger partial charge in [0.25, 0.3) is 0 Å². The van der Waals surface area contributed by atoms with Gasteiger partial charge in [0.1, 0.15) is 18.4 Å². The summed E-state index contributed by atoms with van der Waals surface area (Å²) in [5.74, 6) is 0.387. The number of nitriles is 1. The Balaban J connectivity index is 1.98. The molecule has 7 heteroatoms. The molecule has 0 saturated carbocycles. The van der Waals surface area contributed by atoms with Crippen molar-refractivity contribution in [2.75, 3.05) is 64.9 Å². The van der Waals surface area contributed by atoms with Crippen molar-refractivity contribution >= 4 is 11.8 Å². The van der Waals surface area contributed by atoms with Crippen molar-refractivity contribution in [2.45, 2.75) is 0 Å². The molecule has 1 saturated heterocycles. The second kappa shape index (κ2) is 8.46. The maximum Gasteiger partial charge on any atom is 0.325 e. The lowest BCUT2D eigenvalue weighted by Crippen LogP contribution is -2.47. The van der Waals surface area contributed by atoms with E-state index < -0.39 is 0 Å². The first-order valence-corrected chi connectivity index (χ1v) is 7.71. The Bertz CT molecular complexity index is 547. The second-order valence-electron chi connectivity index (χ2n) is 5.66. The van der Waals surface area contributed by atoms with Gasteiger partial charge in [-0.05, 0) is 19.2 Å². The van der Waals surface area contributed by atoms with E-state index in [1.807, 2.05) is 11.0 Å². The molecular formula is C16H23N5O2. The van der Waals surface area contributed by atoms with Gasteiger partial charge in [-0.2, -0.15) is 5.26 Å². The van der Waals surface area contributed by atoms with Crippen LogP contribution in [-0.2, 0) is 9.53 Å². The molecule has 0 radical (unpaired) electrons. The maximum atomic E-state index is 11.6. The number of anilines is 1. The van der Waals surface area contributed by atoms with Crippen LogP contribution < -0.4 is 4.90 Å². The summed E-state index contributed by atoms with van der Waals surface area (Å²) < 4.78 is 4.77. The van der Waals surface area contributed by atoms with Gasteiger partial charge in [-0.1, -0.05) is 0 Å². The van der Waals surface area contributed by atoms with Gasteiger partial charge >= 0.3 is 5.97 Å². The van der Waals surface area contributed by atoms with E-state index in [1.54, 1.807) is 12.1 Å². The number of methoxy groups -OCH3 is 1. The number of hydrogen-bond acceptors (Lipinski definition) is 7. The molecule has 1 aliphatic heterocycles. The van der Waals surface area contributed by atoms with E-state index in [4.69, 9.17) is 10.00 Å². The third-order valence-electron chi connectivity index (χ3n) is 4.03. The van der Waals surface area contributed by atoms with Crippen molar-refractivity contribution in [3.63, 3.8) is 0 Å². The predicted octanol–water partition coefficient (Wildman–Crippen LogP) is 0.180. The minimum Gasteiger partial charge on any atom is -0.468 e. The van der Waals surface area contributed by atoms with Crippen molar-refractivity contribution < 1.29 is 9.53 Å². The van der Waals surface area contributed by atoms with Crippen molar-refractivity contribution in [2.24, 2.45) is 0 Å². The summed E-state index contributed by atoms with van der Waals surface area (Å²) in [4.78, 5) is 22.5. The zero-order valence-electron chi connectivity index (χ0n) is 13.7. The number of hydrogen-bond donors (Lipinski definition) is 0. The molecule has 0 N–H and O–H groups in total. The SMILES string of the molecule is COC(=O)CN(CCN1CCN(C)CC1)c1ccc(C#N)cn1. The smallest absolute Gasteiger partial charge is 0.325 e. The summed E-state index contributed by atoms with van der Waals surface area (Å²) in [5.41, 5.74) is 0.505. The number of rotatable bonds is 6. The third-order valence-corrected chi connectivity index (χ3v) is 4.03. The van der Waals surface area contributed by atoms with Gasteiger partial charge in [0.05, 0.1) is 12.7 Å². The summed E-state index contributed by atoms with van der Waals surface area (Å²) in [7, 11) is 3.51. The highest BCUT2D eigenvalue weighted by molar-refractivity contribution is 5.75. The van der Waals surface area contributed by atoms with E-state index in [0.717, 1.165) is 32.7 Å². The van der Waals surface area contributed by atoms with Gasteiger partial charge in [-0.15, -0.1) is 0 Å². The lowest BCUT2D eigenvalue weighted by atomic mass is 10.3. The molecule has 0 aliphatic carbocycles. The molecule has 124 valence electrons. The maximum absolute atomic E-state index is 11.6. The van der Waals surface area contributed by atoms with Gasteiger partial charge in [-0.3, -0.25) is 9.69 Å². The van der Waals surface area contributed by atoms with Crippen LogP contribution >= 0.6 is 0 Å². The van der Waals surface area contributed by atoms with Gasteiger partial charge < -0.3 is 14.5 Å². The molecule has 0 aromatic carbocycles. The lowest BCUT2D eigenvalue weighted by molar-refractivity contribution is -0.138. The number of nitrogens with zero attached hydrogens (tertiary/aromatic N) is 5. The topological polar surface area (TPSA) is 72.7 Å². The summed E-state index contributed by atoms with van der Waals surface area (Å²) in [5, 5.41) is 8.86. The molecule has 0 amide bonds. The highest BCUT2D eigenvalue weighted by Gasteiger charge is 2.17. The first-order chi connectivity index (χ1) is 11.1. The fourth-order valence-corrected chi connectivity index (χ4v) is 2.47. The van der Waals surface area contributed by atoms with Crippen LogP contribution in [0.3, 0.4) is 0 Å². The van der Waals surface area contributed by atoms with Crippen molar-refractivity contribution in [3.05, 3.63) is 23.9 Å². The molecular weight excluding hydrogens is 294 g/mol. The van der Waals surface area contributed by atoms with E-state index in [0.29, 0.717) is 17.9 Å². The predicted molar refractivity (Wildman–Crippen MR) is 87.1 cm³/mol. The Hall–Kier alpha value is -2.17. The number of piperazine rings is 1. The summed E-state index contributed by atoms with van der Waals surface area (Å²) in [6.45, 7) is 5.90. The molecule has 0 unspecified atom stereocenters. The van der Waals surface area contributed by atoms with Crippen LogP contribution in [0.5, 0.6) is 0 Å². The number of likely N-dealkylation sites (N-methyl/N-ethyl adjacent to an activating group) is 1. The molecule has 7 nitrogen and oxygen atoms in total. The molecule has 23 heavy (non-hydrogen) atoms. The number of aromatic nitrogens is 1. The second-order valence-corrected chi connectivity index (χ2v) is 5.66. The molecule has 1 aliphatic rings. The Morgan fingerprint density at radius 2 is 2.13 bits per heavy atom. The lowest BCUT2D eigenvalue weighted by Gasteiger charge is -2.34. The molecule has 0 bridgehead atoms. The molecule has 1 fully saturated rings. The zero-order chi connectivity index (χ0) is 16.7. The van der Waals surface area contributed by atoms with Gasteiger partial charge in [0.15, 0.2) is 0 Å². The van der Waals surface area contributed by atoms with Crippen LogP contribution in [0.25, 0.3) is 0 Å². The summed E-state index contributed by atoms with van der Waals surface area (Å²) in [6.07, 6.45) is 1.52. The van der Waals surface area contributed by atoms with Crippen LogP contribution in [0.4, 0.5) is 5.82 Å². The minimum atomic E-state index is -0.297. The molecule has 2 rings (SSSR count). The highest BCUT2D eigenvalue weighted by Crippen LogP contribution is 2.12. The number of pyridine rings is 1. The molecule has 0 spiro atoms. The van der Waals surface area contributed by atoms with E-state index in [-0.39, 0.29) is 12.5 Å². The van der Waals surface area contributed by atoms with Gasteiger partial charge in [0, 0.05) is 45.5 Å². The van der Waals surface area contributed by atoms with Crippen LogP contribution in [0.15, 0.2) is 18.3 Å². The quantitative estimate of drug-likeness (QED) is 0.693. The van der Waals surface area contributed by atoms with E-state index >= 15 is 0 Å². The monoisotopic (exact) mass is 317 g/mol. The average Bonchev–Trinajstić information content (AvgIpc) is 2.60. The van der Waals surface area contributed by atoms with Gasteiger partial charge in [0.2, 0.25) is 0 Å². The van der Waals surface area contributed by atoms with Crippen LogP contribution in [0.1, 0.15) is 5.56 Å². The Labute approximate surface area is 137 Å². The number of ether oxygens (including phenoxy) is 1. The Morgan fingerprint density at radius 3 is 2.70 bits per heavy atom. The van der Waals surface area contributed by atoms with Crippen LogP contribution in [-0.4, -0.2) is 80.7 Å². The van der Waals surface area contributed by atoms with Crippen molar-refractivity contribution in [3.8, 4) is 6.07 Å². The van der Waals surface area contributed by atoms with Crippen LogP contribution in [0, 0.1) is 11.3 Å². The molecule has 2 heterocycles. The fourth-order valence-electron chi connectivity index (χ4n) is 2.47. The number of carbonyl (C=O) groups is 1. The summed E-state index contributed by atoms with van der Waals surface area (Å²) in [6, 6.07) is 5.53. The summed E-state index contributed by atoms with van der Waals surface area (Å²) >= 11 is 0. The minimum absolute atomic E-state index is 0.156. The first kappa shape index (κ1) is 17.2. The first-order valence-electron chi connectivity index (χ1n) is 7.71. The van der Waals surface area contributed by atoms with Gasteiger partial charge in [-0.25, -0.2) is 4.98 Å². The standard InChI is InChI=1S/C16H23N5O2/c1-19-5-7-20(8-6-19)9-10-21(13-16(22)23-2)15-4-3-14(11-17)12-18-15/h3-4,12H,5-10,13H2,1-2H3. The highest BCUT2D eigenvalue weighted by atomic mass is 16.5. The number of carbonyl (C=O) groups excluding carboxylic acids is 1. The largest absolute Gasteiger partial charge is 0.468 e. The third kappa shape index (κ3) is 5.20. The average molecular weight is 317 g/mol. The van der Waals surface area contributed by atoms with Crippen molar-refractivity contribution in [1.29, 1.82) is 5.26 Å². The fraction of sp³-hybridized carbons (Fsp3) is 0.562. The Morgan fingerprint density at radius 1 is 1.39 bits per heavy atom. The molecule has 0 atom stereocenters. The van der Waals surface area contributed by atoms with E-state index in [9.17, 15) is 4.79 Å². The van der Waals surface area contributed by atoms with E-state index in [1.165, 1.54) is 13.3 Å². The van der Waals surface area contributed by atoms with Crippen LogP contribution in [0.2, 0.25) is 0 Å². The van der Waals surface area contributed by atoms with E-state index in [2.05, 4.69) is 21.8 Å². The molecule has 1 aromatic heterocycles. The molecule has 1 aromatic rings. The van der Waals surface area contributed by atoms with Crippen molar-refractivity contribution in [1.82, 2.24) is 14.8 Å².